The first-order valence-corrected chi connectivity index (χ1v) is 20.6. The fourth-order valence-electron chi connectivity index (χ4n) is 16.0. The standard InChI is InChI=1S/C46H28O18/c47-16-2-1-9-6-15-31(50)14-7-10-5-12(37(54)55)30(49)23-24(10)43(61)34-20-13(46(62)39(63-46)4-3-17(48)26(23)42(34,39)60)8-11-18-21(20)35(41(14,43)59)44(15)45(64-44)25(9)27(16)40(58)28(29(18)45)22(19(11)38(56)57)32(51)33(52)36(40)53/h1-4,6-8,17-18,26,29,32-33,47-52,58-62H,5H2,(H,54,55)(H,56,57). The summed E-state index contributed by atoms with van der Waals surface area (Å²) in [5, 5.41) is 162. The minimum Gasteiger partial charge on any atom is -0.508 e. The van der Waals surface area contributed by atoms with Gasteiger partial charge < -0.3 is 75.9 Å². The average molecular weight is 869 g/mol. The average Bonchev–Trinajstić information content (AvgIpc) is 4.12. The number of phenolic OH excluding ortho intramolecular Hbond substituents is 1. The molecule has 64 heavy (non-hydrogen) atoms. The molecule has 2 saturated heterocycles. The van der Waals surface area contributed by atoms with E-state index >= 15 is 0 Å². The molecular formula is C46H28O18. The molecule has 0 amide bonds. The molecule has 320 valence electrons. The van der Waals surface area contributed by atoms with Crippen LogP contribution in [-0.4, -0.2) is 136 Å². The maximum absolute atomic E-state index is 14.6. The van der Waals surface area contributed by atoms with E-state index in [1.165, 1.54) is 24.3 Å². The third-order valence-electron chi connectivity index (χ3n) is 17.8. The first-order chi connectivity index (χ1) is 30.2. The number of fused-ring (bicyclic) bond motifs is 3. The molecule has 0 saturated carbocycles. The highest BCUT2D eigenvalue weighted by atomic mass is 16.8. The number of ketones is 1. The summed E-state index contributed by atoms with van der Waals surface area (Å²) in [6.45, 7) is 0. The predicted octanol–water partition coefficient (Wildman–Crippen LogP) is -1.67. The summed E-state index contributed by atoms with van der Waals surface area (Å²) in [6.07, 6.45) is -0.919. The van der Waals surface area contributed by atoms with Crippen LogP contribution in [0.25, 0.3) is 6.08 Å². The SMILES string of the molecule is O=C(O)C1=C(O)C2=C3C(=CC4=C(O)C5=Cc6ccc(O)c7c6C68OC56C5=C6C9=C(C3(O)C45O)C3(O)C2C(O)C=CC32OC2(O)C9=CC2=C(C(=O)O)C3=C(C8C26)C7(O)C(=O)C(O)C3O)C1. The van der Waals surface area contributed by atoms with Gasteiger partial charge in [-0.2, -0.15) is 0 Å². The van der Waals surface area contributed by atoms with E-state index in [0.717, 1.165) is 18.2 Å². The van der Waals surface area contributed by atoms with Crippen LogP contribution < -0.4 is 0 Å². The lowest BCUT2D eigenvalue weighted by atomic mass is 9.34. The third kappa shape index (κ3) is 2.56. The smallest absolute Gasteiger partial charge is 0.336 e. The van der Waals surface area contributed by atoms with E-state index in [-0.39, 0.29) is 55.7 Å². The van der Waals surface area contributed by atoms with Crippen LogP contribution in [-0.2, 0) is 35.1 Å². The molecule has 1 aromatic rings. The van der Waals surface area contributed by atoms with Crippen molar-refractivity contribution in [3.63, 3.8) is 0 Å². The minimum absolute atomic E-state index is 0.0369. The van der Waals surface area contributed by atoms with E-state index in [1.54, 1.807) is 0 Å². The van der Waals surface area contributed by atoms with Gasteiger partial charge >= 0.3 is 11.9 Å². The molecule has 13 aliphatic carbocycles. The number of phenols is 1. The van der Waals surface area contributed by atoms with Gasteiger partial charge in [0.1, 0.15) is 40.7 Å². The Morgan fingerprint density at radius 2 is 1.52 bits per heavy atom. The van der Waals surface area contributed by atoms with Crippen molar-refractivity contribution in [2.75, 3.05) is 0 Å². The molecule has 13 N–H and O–H groups in total. The van der Waals surface area contributed by atoms with E-state index in [1.807, 2.05) is 0 Å². The molecule has 2 fully saturated rings. The summed E-state index contributed by atoms with van der Waals surface area (Å²) in [5.41, 5.74) is -24.3. The molecule has 1 aromatic carbocycles. The topological polar surface area (TPSA) is 339 Å². The van der Waals surface area contributed by atoms with Gasteiger partial charge in [0.2, 0.25) is 11.6 Å². The number of ether oxygens (including phenoxy) is 2. The maximum atomic E-state index is 14.6. The lowest BCUT2D eigenvalue weighted by Gasteiger charge is -2.69. The zero-order valence-corrected chi connectivity index (χ0v) is 32.1. The summed E-state index contributed by atoms with van der Waals surface area (Å²) in [6, 6.07) is 2.55. The number of benzene rings is 1. The van der Waals surface area contributed by atoms with Gasteiger partial charge in [-0.05, 0) is 63.8 Å². The second-order valence-corrected chi connectivity index (χ2v) is 19.5. The molecule has 0 radical (unpaired) electrons. The van der Waals surface area contributed by atoms with Crippen molar-refractivity contribution >= 4 is 23.8 Å². The number of hydrogen-bond acceptors (Lipinski definition) is 16. The lowest BCUT2D eigenvalue weighted by Crippen LogP contribution is -2.79. The Kier molecular flexibility index (Phi) is 4.89. The Morgan fingerprint density at radius 3 is 2.23 bits per heavy atom. The van der Waals surface area contributed by atoms with Crippen LogP contribution in [0.4, 0.5) is 0 Å². The van der Waals surface area contributed by atoms with Crippen LogP contribution in [0.2, 0.25) is 0 Å². The Labute approximate surface area is 354 Å². The predicted molar refractivity (Wildman–Crippen MR) is 202 cm³/mol. The van der Waals surface area contributed by atoms with Crippen LogP contribution in [0, 0.1) is 17.8 Å². The summed E-state index contributed by atoms with van der Waals surface area (Å²) >= 11 is 0. The Balaban J connectivity index is 1.20. The third-order valence-corrected chi connectivity index (χ3v) is 17.8. The van der Waals surface area contributed by atoms with Crippen molar-refractivity contribution in [2.24, 2.45) is 17.8 Å². The van der Waals surface area contributed by atoms with E-state index in [9.17, 15) is 80.8 Å². The van der Waals surface area contributed by atoms with Crippen molar-refractivity contribution in [3.8, 4) is 5.75 Å². The highest BCUT2D eigenvalue weighted by molar-refractivity contribution is 6.07. The number of allylic oxidation sites excluding steroid dienone is 4. The quantitative estimate of drug-likeness (QED) is 0.117. The molecule has 2 aliphatic heterocycles. The summed E-state index contributed by atoms with van der Waals surface area (Å²) < 4.78 is 13.3. The molecule has 14 atom stereocenters. The molecule has 14 unspecified atom stereocenters. The van der Waals surface area contributed by atoms with Crippen molar-refractivity contribution in [1.82, 2.24) is 0 Å². The van der Waals surface area contributed by atoms with Gasteiger partial charge in [-0.15, -0.1) is 0 Å². The molecule has 15 aliphatic rings. The highest BCUT2D eigenvalue weighted by Crippen LogP contribution is 2.89. The number of carboxylic acid groups (broad SMARTS) is 2. The van der Waals surface area contributed by atoms with Gasteiger partial charge in [0.05, 0.1) is 23.2 Å². The van der Waals surface area contributed by atoms with Gasteiger partial charge in [0.25, 0.3) is 0 Å². The molecule has 16 rings (SSSR count). The van der Waals surface area contributed by atoms with E-state index in [0.29, 0.717) is 0 Å². The number of carbonyl (C=O) groups excluding carboxylic acids is 1. The summed E-state index contributed by atoms with van der Waals surface area (Å²) in [5.74, 6) is -14.6. The van der Waals surface area contributed by atoms with Crippen molar-refractivity contribution in [1.29, 1.82) is 0 Å². The van der Waals surface area contributed by atoms with Gasteiger partial charge in [0.15, 0.2) is 28.0 Å². The fraction of sp³-hybridized carbons (Fsp3) is 0.326. The summed E-state index contributed by atoms with van der Waals surface area (Å²) in [7, 11) is 0. The monoisotopic (exact) mass is 868 g/mol. The number of aliphatic hydroxyl groups is 10. The zero-order chi connectivity index (χ0) is 44.4. The van der Waals surface area contributed by atoms with Crippen LogP contribution in [0.5, 0.6) is 5.75 Å². The van der Waals surface area contributed by atoms with Crippen LogP contribution >= 0.6 is 0 Å². The zero-order valence-electron chi connectivity index (χ0n) is 32.1. The molecule has 0 bridgehead atoms. The number of carbonyl (C=O) groups is 3. The van der Waals surface area contributed by atoms with Gasteiger partial charge in [-0.3, -0.25) is 4.79 Å². The van der Waals surface area contributed by atoms with Gasteiger partial charge in [0, 0.05) is 74.0 Å². The highest BCUT2D eigenvalue weighted by Gasteiger charge is 2.97. The number of rotatable bonds is 2. The minimum atomic E-state index is -3.06. The largest absolute Gasteiger partial charge is 0.508 e. The van der Waals surface area contributed by atoms with E-state index in [4.69, 9.17) is 9.47 Å². The van der Waals surface area contributed by atoms with Gasteiger partial charge in [-0.25, -0.2) is 9.59 Å². The number of aromatic hydroxyl groups is 1. The summed E-state index contributed by atoms with van der Waals surface area (Å²) in [4.78, 5) is 41.3. The van der Waals surface area contributed by atoms with Crippen molar-refractivity contribution in [3.05, 3.63) is 148 Å². The van der Waals surface area contributed by atoms with Crippen LogP contribution in [0.1, 0.15) is 23.1 Å². The van der Waals surface area contributed by atoms with Crippen LogP contribution in [0.3, 0.4) is 0 Å². The number of carboxylic acids is 2. The lowest BCUT2D eigenvalue weighted by molar-refractivity contribution is -0.154. The number of Topliss-reactive ketones (excluding diaryl/α,β-unsaturated/α-hetero) is 1. The van der Waals surface area contributed by atoms with E-state index < -0.39 is 167 Å². The molecule has 18 heteroatoms. The number of epoxide rings is 2. The van der Waals surface area contributed by atoms with Gasteiger partial charge in [-0.1, -0.05) is 12.1 Å². The molecule has 18 nitrogen and oxygen atoms in total. The van der Waals surface area contributed by atoms with E-state index in [2.05, 4.69) is 0 Å². The first kappa shape index (κ1) is 35.3. The van der Waals surface area contributed by atoms with Crippen molar-refractivity contribution in [2.45, 2.75) is 69.7 Å². The Bertz CT molecular complexity index is 3380. The first-order valence-electron chi connectivity index (χ1n) is 20.6. The normalized spacial score (nSPS) is 49.2. The molecular weight excluding hydrogens is 840 g/mol. The Hall–Kier alpha value is -6.03. The van der Waals surface area contributed by atoms with Crippen molar-refractivity contribution < 1.29 is 90.2 Å². The second-order valence-electron chi connectivity index (χ2n) is 19.5. The fourth-order valence-corrected chi connectivity index (χ4v) is 16.0. The number of aliphatic hydroxyl groups excluding tert-OH is 5. The molecule has 3 spiro atoms. The maximum Gasteiger partial charge on any atom is 0.336 e. The van der Waals surface area contributed by atoms with Crippen LogP contribution in [0.15, 0.2) is 132 Å². The Morgan fingerprint density at radius 1 is 0.766 bits per heavy atom. The molecule has 0 aromatic heterocycles. The number of hydrogen-bond donors (Lipinski definition) is 13. The molecule has 2 heterocycles. The second kappa shape index (κ2) is 8.85. The number of aliphatic carboxylic acids is 2.